The molecular weight excluding hydrogens is 340 g/mol. The molecule has 1 heterocycles. The van der Waals surface area contributed by atoms with Gasteiger partial charge in [-0.15, -0.1) is 0 Å². The zero-order chi connectivity index (χ0) is 18.6. The highest BCUT2D eigenvalue weighted by Gasteiger charge is 2.28. The molecule has 140 valence electrons. The zero-order valence-electron chi connectivity index (χ0n) is 15.5. The average molecular weight is 368 g/mol. The standard InChI is InChI=1S/C18H28N2O4S/c1-5-11-25(22,23)20-8-6-7-19(9-10-20)18(21)17-15(3)12-14(2)13-16(17)24-4/h12-13H,5-11H2,1-4H3. The van der Waals surface area contributed by atoms with Crippen LogP contribution in [0.4, 0.5) is 0 Å². The van der Waals surface area contributed by atoms with Crippen molar-refractivity contribution < 1.29 is 17.9 Å². The van der Waals surface area contributed by atoms with Gasteiger partial charge >= 0.3 is 0 Å². The average Bonchev–Trinajstić information content (AvgIpc) is 2.80. The largest absolute Gasteiger partial charge is 0.496 e. The molecular formula is C18H28N2O4S. The number of carbonyl (C=O) groups excluding carboxylic acids is 1. The number of hydrogen-bond donors (Lipinski definition) is 0. The fourth-order valence-corrected chi connectivity index (χ4v) is 4.83. The molecule has 0 N–H and O–H groups in total. The first-order chi connectivity index (χ1) is 11.8. The number of carbonyl (C=O) groups is 1. The van der Waals surface area contributed by atoms with Crippen LogP contribution >= 0.6 is 0 Å². The van der Waals surface area contributed by atoms with Crippen LogP contribution in [0.1, 0.15) is 41.3 Å². The van der Waals surface area contributed by atoms with Crippen molar-refractivity contribution in [1.29, 1.82) is 0 Å². The van der Waals surface area contributed by atoms with Crippen molar-refractivity contribution in [2.24, 2.45) is 0 Å². The van der Waals surface area contributed by atoms with Gasteiger partial charge in [-0.25, -0.2) is 12.7 Å². The molecule has 0 spiro atoms. The van der Waals surface area contributed by atoms with Gasteiger partial charge in [-0.2, -0.15) is 0 Å². The number of amides is 1. The summed E-state index contributed by atoms with van der Waals surface area (Å²) in [7, 11) is -1.66. The van der Waals surface area contributed by atoms with E-state index in [1.54, 1.807) is 12.0 Å². The Balaban J connectivity index is 2.20. The summed E-state index contributed by atoms with van der Waals surface area (Å²) in [5, 5.41) is 0. The summed E-state index contributed by atoms with van der Waals surface area (Å²) < 4.78 is 31.5. The monoisotopic (exact) mass is 368 g/mol. The number of benzene rings is 1. The van der Waals surface area contributed by atoms with Crippen LogP contribution in [0.25, 0.3) is 0 Å². The molecule has 25 heavy (non-hydrogen) atoms. The maximum absolute atomic E-state index is 13.0. The van der Waals surface area contributed by atoms with Gasteiger partial charge in [0.15, 0.2) is 0 Å². The van der Waals surface area contributed by atoms with Gasteiger partial charge in [0, 0.05) is 26.2 Å². The number of nitrogens with zero attached hydrogens (tertiary/aromatic N) is 2. The first kappa shape index (κ1) is 19.7. The lowest BCUT2D eigenvalue weighted by Crippen LogP contribution is -2.38. The molecule has 2 rings (SSSR count). The Morgan fingerprint density at radius 3 is 2.52 bits per heavy atom. The second-order valence-electron chi connectivity index (χ2n) is 6.52. The minimum atomic E-state index is -3.23. The summed E-state index contributed by atoms with van der Waals surface area (Å²) in [6.07, 6.45) is 1.24. The van der Waals surface area contributed by atoms with E-state index in [0.717, 1.165) is 11.1 Å². The van der Waals surface area contributed by atoms with Crippen molar-refractivity contribution in [1.82, 2.24) is 9.21 Å². The molecule has 0 aromatic heterocycles. The van der Waals surface area contributed by atoms with E-state index >= 15 is 0 Å². The van der Waals surface area contributed by atoms with Crippen LogP contribution in [0.5, 0.6) is 5.75 Å². The van der Waals surface area contributed by atoms with E-state index in [2.05, 4.69) is 0 Å². The van der Waals surface area contributed by atoms with Gasteiger partial charge in [0.25, 0.3) is 5.91 Å². The number of methoxy groups -OCH3 is 1. The molecule has 0 saturated carbocycles. The smallest absolute Gasteiger partial charge is 0.257 e. The second-order valence-corrected chi connectivity index (χ2v) is 8.61. The first-order valence-corrected chi connectivity index (χ1v) is 10.3. The molecule has 1 aliphatic rings. The molecule has 1 amide bonds. The van der Waals surface area contributed by atoms with E-state index < -0.39 is 10.0 Å². The molecule has 0 atom stereocenters. The Hall–Kier alpha value is -1.60. The van der Waals surface area contributed by atoms with Gasteiger partial charge in [0.1, 0.15) is 5.75 Å². The number of ether oxygens (including phenoxy) is 1. The molecule has 7 heteroatoms. The Kier molecular flexibility index (Phi) is 6.46. The Morgan fingerprint density at radius 1 is 1.16 bits per heavy atom. The van der Waals surface area contributed by atoms with Crippen molar-refractivity contribution in [3.05, 3.63) is 28.8 Å². The summed E-state index contributed by atoms with van der Waals surface area (Å²) in [5.74, 6) is 0.637. The number of hydrogen-bond acceptors (Lipinski definition) is 4. The number of rotatable bonds is 5. The summed E-state index contributed by atoms with van der Waals surface area (Å²) in [5.41, 5.74) is 2.48. The number of aryl methyl sites for hydroxylation is 2. The van der Waals surface area contributed by atoms with Crippen LogP contribution in [0.3, 0.4) is 0 Å². The number of sulfonamides is 1. The normalized spacial score (nSPS) is 16.6. The zero-order valence-corrected chi connectivity index (χ0v) is 16.4. The van der Waals surface area contributed by atoms with Gasteiger partial charge in [0.05, 0.1) is 18.4 Å². The highest BCUT2D eigenvalue weighted by Crippen LogP contribution is 2.26. The van der Waals surface area contributed by atoms with E-state index in [4.69, 9.17) is 4.74 Å². The maximum Gasteiger partial charge on any atom is 0.257 e. The lowest BCUT2D eigenvalue weighted by atomic mass is 10.0. The van der Waals surface area contributed by atoms with Crippen molar-refractivity contribution >= 4 is 15.9 Å². The van der Waals surface area contributed by atoms with E-state index in [1.807, 2.05) is 32.9 Å². The third kappa shape index (κ3) is 4.52. The molecule has 0 unspecified atom stereocenters. The van der Waals surface area contributed by atoms with Crippen LogP contribution in [0.15, 0.2) is 12.1 Å². The lowest BCUT2D eigenvalue weighted by molar-refractivity contribution is 0.0760. The molecule has 0 radical (unpaired) electrons. The van der Waals surface area contributed by atoms with Crippen LogP contribution in [0, 0.1) is 13.8 Å². The fourth-order valence-electron chi connectivity index (χ4n) is 3.28. The van der Waals surface area contributed by atoms with Crippen molar-refractivity contribution in [3.8, 4) is 5.75 Å². The molecule has 6 nitrogen and oxygen atoms in total. The predicted octanol–water partition coefficient (Wildman–Crippen LogP) is 2.20. The summed E-state index contributed by atoms with van der Waals surface area (Å²) in [6, 6.07) is 3.82. The van der Waals surface area contributed by atoms with Gasteiger partial charge in [-0.05, 0) is 43.9 Å². The maximum atomic E-state index is 13.0. The van der Waals surface area contributed by atoms with E-state index in [1.165, 1.54) is 4.31 Å². The quantitative estimate of drug-likeness (QED) is 0.799. The van der Waals surface area contributed by atoms with Gasteiger partial charge in [-0.1, -0.05) is 13.0 Å². The lowest BCUT2D eigenvalue weighted by Gasteiger charge is -2.23. The molecule has 1 aromatic carbocycles. The third-order valence-corrected chi connectivity index (χ3v) is 6.55. The molecule has 1 aliphatic heterocycles. The van der Waals surface area contributed by atoms with Crippen LogP contribution in [-0.4, -0.2) is 62.6 Å². The van der Waals surface area contributed by atoms with Crippen molar-refractivity contribution in [3.63, 3.8) is 0 Å². The molecule has 0 bridgehead atoms. The first-order valence-electron chi connectivity index (χ1n) is 8.72. The SMILES string of the molecule is CCCS(=O)(=O)N1CCCN(C(=O)c2c(C)cc(C)cc2OC)CC1. The van der Waals surface area contributed by atoms with Gasteiger partial charge in [0.2, 0.25) is 10.0 Å². The minimum absolute atomic E-state index is 0.0934. The molecule has 0 aliphatic carbocycles. The Labute approximate surface area is 150 Å². The molecule has 1 aromatic rings. The minimum Gasteiger partial charge on any atom is -0.496 e. The highest BCUT2D eigenvalue weighted by molar-refractivity contribution is 7.89. The van der Waals surface area contributed by atoms with Crippen LogP contribution in [0.2, 0.25) is 0 Å². The second kappa shape index (κ2) is 8.19. The third-order valence-electron chi connectivity index (χ3n) is 4.48. The Bertz CT molecular complexity index is 731. The summed E-state index contributed by atoms with van der Waals surface area (Å²) >= 11 is 0. The van der Waals surface area contributed by atoms with E-state index in [0.29, 0.717) is 50.3 Å². The summed E-state index contributed by atoms with van der Waals surface area (Å²) in [4.78, 5) is 14.8. The highest BCUT2D eigenvalue weighted by atomic mass is 32.2. The van der Waals surface area contributed by atoms with E-state index in [9.17, 15) is 13.2 Å². The van der Waals surface area contributed by atoms with Crippen LogP contribution < -0.4 is 4.74 Å². The molecule has 1 fully saturated rings. The van der Waals surface area contributed by atoms with Crippen molar-refractivity contribution in [2.75, 3.05) is 39.0 Å². The Morgan fingerprint density at radius 2 is 1.88 bits per heavy atom. The van der Waals surface area contributed by atoms with Crippen LogP contribution in [-0.2, 0) is 10.0 Å². The van der Waals surface area contributed by atoms with Gasteiger partial charge < -0.3 is 9.64 Å². The van der Waals surface area contributed by atoms with Gasteiger partial charge in [-0.3, -0.25) is 4.79 Å². The topological polar surface area (TPSA) is 66.9 Å². The summed E-state index contributed by atoms with van der Waals surface area (Å²) in [6.45, 7) is 7.49. The van der Waals surface area contributed by atoms with E-state index in [-0.39, 0.29) is 11.7 Å². The predicted molar refractivity (Wildman–Crippen MR) is 98.6 cm³/mol. The molecule has 1 saturated heterocycles. The van der Waals surface area contributed by atoms with Crippen molar-refractivity contribution in [2.45, 2.75) is 33.6 Å². The fraction of sp³-hybridized carbons (Fsp3) is 0.611.